The Balaban J connectivity index is 2.52. The molecular weight excluding hydrogens is 176 g/mol. The zero-order valence-corrected chi connectivity index (χ0v) is 7.74. The minimum Gasteiger partial charge on any atom is -0.396 e. The van der Waals surface area contributed by atoms with Gasteiger partial charge in [-0.15, -0.1) is 24.4 Å². The van der Waals surface area contributed by atoms with Crippen LogP contribution < -0.4 is 0 Å². The van der Waals surface area contributed by atoms with Gasteiger partial charge in [-0.2, -0.15) is 0 Å². The van der Waals surface area contributed by atoms with Crippen molar-refractivity contribution < 1.29 is 5.11 Å². The molecule has 0 unspecified atom stereocenters. The summed E-state index contributed by atoms with van der Waals surface area (Å²) in [6.45, 7) is 0.229. The van der Waals surface area contributed by atoms with Crippen LogP contribution in [0.2, 0.25) is 0 Å². The van der Waals surface area contributed by atoms with Gasteiger partial charge < -0.3 is 5.11 Å². The van der Waals surface area contributed by atoms with Crippen molar-refractivity contribution in [1.29, 1.82) is 0 Å². The Morgan fingerprint density at radius 1 is 1.27 bits per heavy atom. The van der Waals surface area contributed by atoms with E-state index < -0.39 is 0 Å². The summed E-state index contributed by atoms with van der Waals surface area (Å²) in [7, 11) is 0. The zero-order valence-electron chi connectivity index (χ0n) is 6.03. The van der Waals surface area contributed by atoms with Crippen LogP contribution in [0.5, 0.6) is 0 Å². The van der Waals surface area contributed by atoms with E-state index in [1.165, 1.54) is 4.90 Å². The van der Waals surface area contributed by atoms with Crippen LogP contribution in [0.3, 0.4) is 0 Å². The maximum atomic E-state index is 8.55. The molecule has 0 aliphatic rings. The third-order valence-corrected chi connectivity index (χ3v) is 2.49. The third-order valence-electron chi connectivity index (χ3n) is 1.20. The van der Waals surface area contributed by atoms with Crippen LogP contribution in [0.1, 0.15) is 0 Å². The Morgan fingerprint density at radius 2 is 1.91 bits per heavy atom. The molecule has 1 nitrogen and oxygen atoms in total. The molecule has 0 spiro atoms. The van der Waals surface area contributed by atoms with Crippen molar-refractivity contribution in [3.05, 3.63) is 24.3 Å². The number of benzene rings is 1. The van der Waals surface area contributed by atoms with Crippen molar-refractivity contribution in [1.82, 2.24) is 0 Å². The SMILES string of the molecule is OCCSc1ccc(S)cc1. The summed E-state index contributed by atoms with van der Waals surface area (Å²) < 4.78 is 0. The highest BCUT2D eigenvalue weighted by Crippen LogP contribution is 2.18. The first-order valence-corrected chi connectivity index (χ1v) is 4.79. The highest BCUT2D eigenvalue weighted by atomic mass is 32.2. The number of thioether (sulfide) groups is 1. The molecule has 1 N–H and O–H groups in total. The summed E-state index contributed by atoms with van der Waals surface area (Å²) in [5.41, 5.74) is 0. The van der Waals surface area contributed by atoms with Crippen LogP contribution in [-0.4, -0.2) is 17.5 Å². The monoisotopic (exact) mass is 186 g/mol. The second-order valence-corrected chi connectivity index (χ2v) is 3.75. The van der Waals surface area contributed by atoms with E-state index in [9.17, 15) is 0 Å². The van der Waals surface area contributed by atoms with Crippen LogP contribution in [0.15, 0.2) is 34.1 Å². The molecule has 0 radical (unpaired) electrons. The van der Waals surface area contributed by atoms with Crippen molar-refractivity contribution in [2.75, 3.05) is 12.4 Å². The predicted molar refractivity (Wildman–Crippen MR) is 51.5 cm³/mol. The second kappa shape index (κ2) is 4.70. The molecule has 3 heteroatoms. The largest absolute Gasteiger partial charge is 0.396 e. The summed E-state index contributed by atoms with van der Waals surface area (Å²) in [6, 6.07) is 7.90. The van der Waals surface area contributed by atoms with Gasteiger partial charge >= 0.3 is 0 Å². The minimum absolute atomic E-state index is 0.229. The van der Waals surface area contributed by atoms with Gasteiger partial charge in [-0.1, -0.05) is 0 Å². The first-order chi connectivity index (χ1) is 5.33. The van der Waals surface area contributed by atoms with E-state index in [1.807, 2.05) is 24.3 Å². The van der Waals surface area contributed by atoms with Crippen LogP contribution in [0, 0.1) is 0 Å². The molecule has 0 heterocycles. The fourth-order valence-electron chi connectivity index (χ4n) is 0.706. The number of hydrogen-bond acceptors (Lipinski definition) is 3. The van der Waals surface area contributed by atoms with Crippen molar-refractivity contribution in [2.24, 2.45) is 0 Å². The normalized spacial score (nSPS) is 10.0. The predicted octanol–water partition coefficient (Wildman–Crippen LogP) is 2.06. The summed E-state index contributed by atoms with van der Waals surface area (Å²) >= 11 is 5.81. The van der Waals surface area contributed by atoms with Crippen LogP contribution in [-0.2, 0) is 0 Å². The van der Waals surface area contributed by atoms with Gasteiger partial charge in [0.2, 0.25) is 0 Å². The summed E-state index contributed by atoms with van der Waals surface area (Å²) in [6.07, 6.45) is 0. The van der Waals surface area contributed by atoms with Gasteiger partial charge in [-0.05, 0) is 24.3 Å². The minimum atomic E-state index is 0.229. The molecule has 1 rings (SSSR count). The Labute approximate surface area is 76.2 Å². The van der Waals surface area contributed by atoms with Gasteiger partial charge in [0.1, 0.15) is 0 Å². The lowest BCUT2D eigenvalue weighted by molar-refractivity contribution is 0.322. The number of rotatable bonds is 3. The Kier molecular flexibility index (Phi) is 3.83. The Morgan fingerprint density at radius 3 is 2.45 bits per heavy atom. The fraction of sp³-hybridized carbons (Fsp3) is 0.250. The first-order valence-electron chi connectivity index (χ1n) is 3.35. The number of thiol groups is 1. The van der Waals surface area contributed by atoms with Crippen LogP contribution >= 0.6 is 24.4 Å². The fourth-order valence-corrected chi connectivity index (χ4v) is 1.51. The van der Waals surface area contributed by atoms with E-state index in [0.29, 0.717) is 0 Å². The smallest absolute Gasteiger partial charge is 0.0525 e. The van der Waals surface area contributed by atoms with Gasteiger partial charge in [-0.25, -0.2) is 0 Å². The molecule has 0 fully saturated rings. The molecule has 0 aromatic heterocycles. The maximum absolute atomic E-state index is 8.55. The molecule has 1 aromatic rings. The van der Waals surface area contributed by atoms with Crippen LogP contribution in [0.4, 0.5) is 0 Å². The zero-order chi connectivity index (χ0) is 8.10. The third kappa shape index (κ3) is 3.18. The molecule has 60 valence electrons. The standard InChI is InChI=1S/C8H10OS2/c9-5-6-11-8-3-1-7(10)2-4-8/h1-4,9-10H,5-6H2. The van der Waals surface area contributed by atoms with Gasteiger partial charge in [0.05, 0.1) is 6.61 Å². The summed E-state index contributed by atoms with van der Waals surface area (Å²) in [4.78, 5) is 2.15. The molecule has 1 aromatic carbocycles. The molecule has 0 amide bonds. The quantitative estimate of drug-likeness (QED) is 0.556. The average molecular weight is 186 g/mol. The second-order valence-electron chi connectivity index (χ2n) is 2.07. The molecule has 0 saturated heterocycles. The van der Waals surface area contributed by atoms with Gasteiger partial charge in [0, 0.05) is 15.5 Å². The highest BCUT2D eigenvalue weighted by Gasteiger charge is 1.91. The maximum Gasteiger partial charge on any atom is 0.0525 e. The molecule has 0 bridgehead atoms. The van der Waals surface area contributed by atoms with E-state index >= 15 is 0 Å². The molecular formula is C8H10OS2. The molecule has 0 saturated carbocycles. The van der Waals surface area contributed by atoms with E-state index in [-0.39, 0.29) is 6.61 Å². The van der Waals surface area contributed by atoms with E-state index in [1.54, 1.807) is 11.8 Å². The molecule has 0 aliphatic heterocycles. The van der Waals surface area contributed by atoms with Crippen molar-refractivity contribution in [3.63, 3.8) is 0 Å². The van der Waals surface area contributed by atoms with E-state index in [4.69, 9.17) is 5.11 Å². The first kappa shape index (κ1) is 8.97. The lowest BCUT2D eigenvalue weighted by Gasteiger charge is -1.98. The van der Waals surface area contributed by atoms with Crippen molar-refractivity contribution in [3.8, 4) is 0 Å². The molecule has 0 aliphatic carbocycles. The Hall–Kier alpha value is -0.120. The van der Waals surface area contributed by atoms with Crippen LogP contribution in [0.25, 0.3) is 0 Å². The number of aliphatic hydroxyl groups is 1. The summed E-state index contributed by atoms with van der Waals surface area (Å²) in [5.74, 6) is 0.756. The average Bonchev–Trinajstić information content (AvgIpc) is 2.04. The van der Waals surface area contributed by atoms with Gasteiger partial charge in [0.25, 0.3) is 0 Å². The highest BCUT2D eigenvalue weighted by molar-refractivity contribution is 7.99. The number of aliphatic hydroxyl groups excluding tert-OH is 1. The van der Waals surface area contributed by atoms with Gasteiger partial charge in [0.15, 0.2) is 0 Å². The van der Waals surface area contributed by atoms with E-state index in [2.05, 4.69) is 12.6 Å². The topological polar surface area (TPSA) is 20.2 Å². The Bertz CT molecular complexity index is 208. The summed E-state index contributed by atoms with van der Waals surface area (Å²) in [5, 5.41) is 8.55. The lowest BCUT2D eigenvalue weighted by Crippen LogP contribution is -1.84. The van der Waals surface area contributed by atoms with Gasteiger partial charge in [-0.3, -0.25) is 0 Å². The van der Waals surface area contributed by atoms with Crippen molar-refractivity contribution >= 4 is 24.4 Å². The number of hydrogen-bond donors (Lipinski definition) is 2. The molecule has 11 heavy (non-hydrogen) atoms. The lowest BCUT2D eigenvalue weighted by atomic mass is 10.4. The molecule has 0 atom stereocenters. The van der Waals surface area contributed by atoms with Crippen molar-refractivity contribution in [2.45, 2.75) is 9.79 Å². The van der Waals surface area contributed by atoms with E-state index in [0.717, 1.165) is 10.6 Å².